The number of carbonyl (C=O) groups excluding carboxylic acids is 1. The highest BCUT2D eigenvalue weighted by Crippen LogP contribution is 2.14. The third kappa shape index (κ3) is 3.75. The van der Waals surface area contributed by atoms with Crippen LogP contribution in [0.5, 0.6) is 0 Å². The number of thiol groups is 1. The fraction of sp³-hybridized carbons (Fsp3) is 0.462. The fourth-order valence-corrected chi connectivity index (χ4v) is 1.73. The van der Waals surface area contributed by atoms with Crippen LogP contribution in [0.3, 0.4) is 0 Å². The highest BCUT2D eigenvalue weighted by molar-refractivity contribution is 7.80. The maximum atomic E-state index is 12.0. The van der Waals surface area contributed by atoms with Crippen LogP contribution in [-0.4, -0.2) is 23.7 Å². The van der Waals surface area contributed by atoms with Gasteiger partial charge in [-0.05, 0) is 30.5 Å². The van der Waals surface area contributed by atoms with Crippen LogP contribution < -0.4 is 5.32 Å². The molecule has 1 amide bonds. The average Bonchev–Trinajstić information content (AvgIpc) is 2.28. The summed E-state index contributed by atoms with van der Waals surface area (Å²) in [6, 6.07) is 5.23. The van der Waals surface area contributed by atoms with E-state index in [1.54, 1.807) is 6.07 Å². The maximum Gasteiger partial charge on any atom is 0.251 e. The first-order valence-corrected chi connectivity index (χ1v) is 6.11. The van der Waals surface area contributed by atoms with Crippen LogP contribution in [0.15, 0.2) is 23.1 Å². The molecule has 1 unspecified atom stereocenters. The summed E-state index contributed by atoms with van der Waals surface area (Å²) in [6.45, 7) is 5.75. The Kier molecular flexibility index (Phi) is 5.02. The van der Waals surface area contributed by atoms with Crippen LogP contribution in [-0.2, 0) is 0 Å². The topological polar surface area (TPSA) is 49.3 Å². The van der Waals surface area contributed by atoms with E-state index in [4.69, 9.17) is 0 Å². The molecule has 0 aliphatic heterocycles. The molecule has 0 saturated carbocycles. The molecule has 94 valence electrons. The van der Waals surface area contributed by atoms with Crippen LogP contribution in [0.4, 0.5) is 0 Å². The van der Waals surface area contributed by atoms with Gasteiger partial charge in [-0.2, -0.15) is 0 Å². The van der Waals surface area contributed by atoms with Crippen molar-refractivity contribution in [1.29, 1.82) is 0 Å². The highest BCUT2D eigenvalue weighted by atomic mass is 32.1. The molecule has 1 atom stereocenters. The zero-order chi connectivity index (χ0) is 13.0. The van der Waals surface area contributed by atoms with Gasteiger partial charge >= 0.3 is 0 Å². The highest BCUT2D eigenvalue weighted by Gasteiger charge is 2.17. The van der Waals surface area contributed by atoms with Crippen molar-refractivity contribution in [3.05, 3.63) is 29.3 Å². The third-order valence-electron chi connectivity index (χ3n) is 2.78. The summed E-state index contributed by atoms with van der Waals surface area (Å²) < 4.78 is 0. The number of amides is 1. The van der Waals surface area contributed by atoms with E-state index < -0.39 is 0 Å². The zero-order valence-corrected chi connectivity index (χ0v) is 11.3. The Hall–Kier alpha value is -1.00. The van der Waals surface area contributed by atoms with Gasteiger partial charge in [0.15, 0.2) is 0 Å². The SMILES string of the molecule is Cc1ccc(S)cc1C(=O)NC(CO)C(C)C. The van der Waals surface area contributed by atoms with E-state index in [1.165, 1.54) is 0 Å². The predicted octanol–water partition coefficient (Wildman–Crippen LogP) is 2.03. The summed E-state index contributed by atoms with van der Waals surface area (Å²) >= 11 is 4.22. The Morgan fingerprint density at radius 2 is 2.12 bits per heavy atom. The Bertz CT molecular complexity index is 404. The predicted molar refractivity (Wildman–Crippen MR) is 71.6 cm³/mol. The van der Waals surface area contributed by atoms with Crippen molar-refractivity contribution in [2.75, 3.05) is 6.61 Å². The molecule has 0 aliphatic carbocycles. The number of carbonyl (C=O) groups is 1. The van der Waals surface area contributed by atoms with Crippen molar-refractivity contribution in [2.45, 2.75) is 31.7 Å². The number of aliphatic hydroxyl groups is 1. The summed E-state index contributed by atoms with van der Waals surface area (Å²) in [5.41, 5.74) is 1.51. The lowest BCUT2D eigenvalue weighted by atomic mass is 10.0. The van der Waals surface area contributed by atoms with Gasteiger partial charge in [0.1, 0.15) is 0 Å². The lowest BCUT2D eigenvalue weighted by Gasteiger charge is -2.20. The summed E-state index contributed by atoms with van der Waals surface area (Å²) in [5, 5.41) is 12.0. The van der Waals surface area contributed by atoms with Gasteiger partial charge in [0.2, 0.25) is 0 Å². The standard InChI is InChI=1S/C13H19NO2S/c1-8(2)12(7-15)14-13(16)11-6-10(17)5-4-9(11)3/h4-6,8,12,15,17H,7H2,1-3H3,(H,14,16). The summed E-state index contributed by atoms with van der Waals surface area (Å²) in [6.07, 6.45) is 0. The first-order valence-electron chi connectivity index (χ1n) is 5.67. The first kappa shape index (κ1) is 14.1. The number of hydrogen-bond acceptors (Lipinski definition) is 3. The molecule has 1 rings (SSSR count). The molecule has 0 fully saturated rings. The minimum Gasteiger partial charge on any atom is -0.394 e. The van der Waals surface area contributed by atoms with Crippen LogP contribution in [0.25, 0.3) is 0 Å². The molecule has 0 heterocycles. The van der Waals surface area contributed by atoms with Crippen molar-refractivity contribution < 1.29 is 9.90 Å². The maximum absolute atomic E-state index is 12.0. The molecule has 0 aliphatic rings. The Morgan fingerprint density at radius 3 is 2.65 bits per heavy atom. The average molecular weight is 253 g/mol. The molecular weight excluding hydrogens is 234 g/mol. The number of aliphatic hydroxyl groups excluding tert-OH is 1. The van der Waals surface area contributed by atoms with Crippen LogP contribution >= 0.6 is 12.6 Å². The van der Waals surface area contributed by atoms with Gasteiger partial charge in [0, 0.05) is 10.5 Å². The van der Waals surface area contributed by atoms with Crippen LogP contribution in [0, 0.1) is 12.8 Å². The van der Waals surface area contributed by atoms with Gasteiger partial charge in [-0.15, -0.1) is 12.6 Å². The van der Waals surface area contributed by atoms with Crippen molar-refractivity contribution in [1.82, 2.24) is 5.32 Å². The van der Waals surface area contributed by atoms with E-state index in [9.17, 15) is 9.90 Å². The lowest BCUT2D eigenvalue weighted by Crippen LogP contribution is -2.41. The van der Waals surface area contributed by atoms with Crippen molar-refractivity contribution in [3.8, 4) is 0 Å². The second kappa shape index (κ2) is 6.07. The minimum atomic E-state index is -0.217. The third-order valence-corrected chi connectivity index (χ3v) is 3.06. The molecule has 0 bridgehead atoms. The van der Waals surface area contributed by atoms with E-state index in [0.29, 0.717) is 5.56 Å². The van der Waals surface area contributed by atoms with E-state index in [0.717, 1.165) is 10.5 Å². The largest absolute Gasteiger partial charge is 0.394 e. The van der Waals surface area contributed by atoms with Crippen molar-refractivity contribution in [3.63, 3.8) is 0 Å². The minimum absolute atomic E-state index is 0.0526. The molecule has 0 saturated heterocycles. The molecule has 1 aromatic carbocycles. The van der Waals surface area contributed by atoms with Gasteiger partial charge in [-0.1, -0.05) is 19.9 Å². The first-order chi connectivity index (χ1) is 7.95. The molecule has 3 nitrogen and oxygen atoms in total. The molecular formula is C13H19NO2S. The van der Waals surface area contributed by atoms with E-state index in [-0.39, 0.29) is 24.5 Å². The number of rotatable bonds is 4. The van der Waals surface area contributed by atoms with E-state index >= 15 is 0 Å². The second-order valence-electron chi connectivity index (χ2n) is 4.51. The summed E-state index contributed by atoms with van der Waals surface area (Å²) in [7, 11) is 0. The van der Waals surface area contributed by atoms with Gasteiger partial charge in [-0.3, -0.25) is 4.79 Å². The van der Waals surface area contributed by atoms with Gasteiger partial charge < -0.3 is 10.4 Å². The monoisotopic (exact) mass is 253 g/mol. The Morgan fingerprint density at radius 1 is 1.47 bits per heavy atom. The quantitative estimate of drug-likeness (QED) is 0.719. The Labute approximate surface area is 108 Å². The molecule has 0 radical (unpaired) electrons. The normalized spacial score (nSPS) is 12.6. The lowest BCUT2D eigenvalue weighted by molar-refractivity contribution is 0.0896. The van der Waals surface area contributed by atoms with Crippen LogP contribution in [0.2, 0.25) is 0 Å². The van der Waals surface area contributed by atoms with Crippen molar-refractivity contribution >= 4 is 18.5 Å². The second-order valence-corrected chi connectivity index (χ2v) is 5.02. The van der Waals surface area contributed by atoms with Crippen molar-refractivity contribution in [2.24, 2.45) is 5.92 Å². The number of benzene rings is 1. The van der Waals surface area contributed by atoms with Gasteiger partial charge in [-0.25, -0.2) is 0 Å². The molecule has 2 N–H and O–H groups in total. The molecule has 17 heavy (non-hydrogen) atoms. The van der Waals surface area contributed by atoms with Gasteiger partial charge in [0.25, 0.3) is 5.91 Å². The smallest absolute Gasteiger partial charge is 0.251 e. The number of aryl methyl sites for hydroxylation is 1. The summed E-state index contributed by atoms with van der Waals surface area (Å²) in [5.74, 6) is 0.0367. The Balaban J connectivity index is 2.86. The van der Waals surface area contributed by atoms with E-state index in [2.05, 4.69) is 17.9 Å². The zero-order valence-electron chi connectivity index (χ0n) is 10.4. The molecule has 4 heteroatoms. The number of nitrogens with one attached hydrogen (secondary N) is 1. The fourth-order valence-electron chi connectivity index (χ4n) is 1.52. The molecule has 0 aromatic heterocycles. The molecule has 0 spiro atoms. The summed E-state index contributed by atoms with van der Waals surface area (Å²) in [4.78, 5) is 12.8. The molecule has 1 aromatic rings. The van der Waals surface area contributed by atoms with Gasteiger partial charge in [0.05, 0.1) is 12.6 Å². The number of hydrogen-bond donors (Lipinski definition) is 3. The van der Waals surface area contributed by atoms with Crippen LogP contribution in [0.1, 0.15) is 29.8 Å². The van der Waals surface area contributed by atoms with E-state index in [1.807, 2.05) is 32.9 Å².